The molecule has 0 amide bonds. The van der Waals surface area contributed by atoms with Crippen LogP contribution in [0, 0.1) is 0 Å². The Morgan fingerprint density at radius 2 is 1.84 bits per heavy atom. The molecule has 0 unspecified atom stereocenters. The number of benzene rings is 1. The van der Waals surface area contributed by atoms with Crippen LogP contribution in [0.2, 0.25) is 0 Å². The van der Waals surface area contributed by atoms with Gasteiger partial charge in [0.2, 0.25) is 4.62 Å². The fraction of sp³-hybridized carbons (Fsp3) is 0.0625. The first-order valence-electron chi connectivity index (χ1n) is 7.33. The molecule has 0 bridgehead atoms. The summed E-state index contributed by atoms with van der Waals surface area (Å²) in [5, 5.41) is 0. The zero-order valence-corrected chi connectivity index (χ0v) is 17.6. The van der Waals surface area contributed by atoms with Crippen LogP contribution in [0.15, 0.2) is 57.3 Å². The third kappa shape index (κ3) is 2.51. The Hall–Kier alpha value is -1.19. The van der Waals surface area contributed by atoms with Gasteiger partial charge in [0.05, 0.1) is 17.3 Å². The second kappa shape index (κ2) is 5.92. The third-order valence-corrected chi connectivity index (χ3v) is 6.02. The Labute approximate surface area is 168 Å². The highest BCUT2D eigenvalue weighted by molar-refractivity contribution is 9.18. The SMILES string of the molecule is COc1cc(Br)cc(C2=C3C=CC(Br)=[N+]3[B-](F)(F)n3c(Br)ccc32)c1. The number of hydrogen-bond acceptors (Lipinski definition) is 1. The summed E-state index contributed by atoms with van der Waals surface area (Å²) in [6.07, 6.45) is 3.34. The summed E-state index contributed by atoms with van der Waals surface area (Å²) in [5.41, 5.74) is 2.41. The van der Waals surface area contributed by atoms with Crippen molar-refractivity contribution in [3.05, 3.63) is 68.5 Å². The normalized spacial score (nSPS) is 17.8. The highest BCUT2D eigenvalue weighted by Gasteiger charge is 2.54. The van der Waals surface area contributed by atoms with Crippen molar-refractivity contribution in [2.24, 2.45) is 0 Å². The molecule has 0 atom stereocenters. The van der Waals surface area contributed by atoms with Crippen molar-refractivity contribution >= 4 is 65.0 Å². The number of methoxy groups -OCH3 is 1. The van der Waals surface area contributed by atoms with Crippen LogP contribution >= 0.6 is 47.8 Å². The van der Waals surface area contributed by atoms with Crippen molar-refractivity contribution in [3.63, 3.8) is 0 Å². The summed E-state index contributed by atoms with van der Waals surface area (Å²) in [6, 6.07) is 8.90. The van der Waals surface area contributed by atoms with Crippen LogP contribution in [0.4, 0.5) is 8.63 Å². The quantitative estimate of drug-likeness (QED) is 0.472. The maximum absolute atomic E-state index is 15.2. The lowest BCUT2D eigenvalue weighted by molar-refractivity contribution is -0.358. The highest BCUT2D eigenvalue weighted by Crippen LogP contribution is 2.43. The van der Waals surface area contributed by atoms with E-state index < -0.39 is 6.97 Å². The zero-order valence-electron chi connectivity index (χ0n) is 12.8. The molecule has 1 aromatic carbocycles. The van der Waals surface area contributed by atoms with Crippen molar-refractivity contribution in [1.29, 1.82) is 0 Å². The average molecular weight is 535 g/mol. The van der Waals surface area contributed by atoms with Gasteiger partial charge in [-0.05, 0) is 51.8 Å². The zero-order chi connectivity index (χ0) is 17.9. The number of ether oxygens (including phenoxy) is 1. The number of rotatable bonds is 2. The summed E-state index contributed by atoms with van der Waals surface area (Å²) in [6.45, 7) is -4.01. The molecule has 25 heavy (non-hydrogen) atoms. The second-order valence-corrected chi connectivity index (χ2v) is 8.21. The van der Waals surface area contributed by atoms with Gasteiger partial charge in [0.15, 0.2) is 5.70 Å². The molecule has 9 heteroatoms. The van der Waals surface area contributed by atoms with Crippen molar-refractivity contribution < 1.29 is 17.9 Å². The molecule has 0 fully saturated rings. The van der Waals surface area contributed by atoms with E-state index in [0.717, 1.165) is 19.0 Å². The molecular weight excluding hydrogens is 525 g/mol. The lowest BCUT2D eigenvalue weighted by atomic mass is 9.86. The first-order valence-corrected chi connectivity index (χ1v) is 9.71. The van der Waals surface area contributed by atoms with E-state index in [2.05, 4.69) is 47.8 Å². The van der Waals surface area contributed by atoms with E-state index in [1.165, 1.54) is 0 Å². The maximum Gasteiger partial charge on any atom is 0.738 e. The summed E-state index contributed by atoms with van der Waals surface area (Å²) in [5.74, 6) is 0.647. The molecule has 0 saturated carbocycles. The van der Waals surface area contributed by atoms with E-state index in [4.69, 9.17) is 4.74 Å². The Morgan fingerprint density at radius 1 is 1.08 bits per heavy atom. The molecule has 0 N–H and O–H groups in total. The van der Waals surface area contributed by atoms with Crippen molar-refractivity contribution in [3.8, 4) is 5.75 Å². The molecule has 3 heterocycles. The number of hydrogen-bond donors (Lipinski definition) is 0. The standard InChI is InChI=1S/C16H10BBr3F2N2O/c1-25-11-7-9(6-10(18)8-11)16-12-2-4-14(19)23(12)17(21,22)24-13(16)3-5-15(24)20/h2-8H,1H3. The van der Waals surface area contributed by atoms with Gasteiger partial charge in [-0.3, -0.25) is 0 Å². The molecule has 2 aromatic rings. The van der Waals surface area contributed by atoms with Crippen LogP contribution < -0.4 is 4.74 Å². The molecule has 0 aliphatic carbocycles. The number of nitrogens with zero attached hydrogens (tertiary/aromatic N) is 2. The highest BCUT2D eigenvalue weighted by atomic mass is 79.9. The van der Waals surface area contributed by atoms with Gasteiger partial charge < -0.3 is 22.3 Å². The van der Waals surface area contributed by atoms with Crippen LogP contribution in [0.25, 0.3) is 5.57 Å². The molecule has 128 valence electrons. The number of halogens is 5. The van der Waals surface area contributed by atoms with E-state index in [-0.39, 0.29) is 0 Å². The van der Waals surface area contributed by atoms with Crippen LogP contribution in [0.1, 0.15) is 11.3 Å². The summed E-state index contributed by atoms with van der Waals surface area (Å²) in [4.78, 5) is 0. The van der Waals surface area contributed by atoms with Gasteiger partial charge in [-0.1, -0.05) is 15.9 Å². The van der Waals surface area contributed by atoms with Crippen LogP contribution in [0.5, 0.6) is 5.75 Å². The molecular formula is C16H10BBr3F2N2O. The van der Waals surface area contributed by atoms with E-state index >= 15 is 8.63 Å². The Morgan fingerprint density at radius 3 is 2.56 bits per heavy atom. The summed E-state index contributed by atoms with van der Waals surface area (Å²) >= 11 is 9.98. The van der Waals surface area contributed by atoms with Crippen LogP contribution in [-0.4, -0.2) is 27.7 Å². The van der Waals surface area contributed by atoms with Crippen molar-refractivity contribution in [2.45, 2.75) is 0 Å². The van der Waals surface area contributed by atoms with Gasteiger partial charge in [-0.2, -0.15) is 0 Å². The van der Waals surface area contributed by atoms with Crippen LogP contribution in [-0.2, 0) is 0 Å². The number of allylic oxidation sites excluding steroid dienone is 2. The number of fused-ring (bicyclic) bond motifs is 2. The smallest absolute Gasteiger partial charge is 0.497 e. The van der Waals surface area contributed by atoms with Crippen molar-refractivity contribution in [1.82, 2.24) is 4.48 Å². The van der Waals surface area contributed by atoms with E-state index in [9.17, 15) is 0 Å². The molecule has 1 aromatic heterocycles. The molecule has 2 aliphatic rings. The minimum atomic E-state index is -4.01. The van der Waals surface area contributed by atoms with Crippen LogP contribution in [0.3, 0.4) is 0 Å². The molecule has 2 aliphatic heterocycles. The molecule has 3 nitrogen and oxygen atoms in total. The van der Waals surface area contributed by atoms with Gasteiger partial charge in [-0.25, -0.2) is 0 Å². The van der Waals surface area contributed by atoms with E-state index in [1.54, 1.807) is 31.4 Å². The van der Waals surface area contributed by atoms with Gasteiger partial charge in [0.25, 0.3) is 0 Å². The predicted octanol–water partition coefficient (Wildman–Crippen LogP) is 5.39. The van der Waals surface area contributed by atoms with Gasteiger partial charge in [0.1, 0.15) is 5.75 Å². The lowest BCUT2D eigenvalue weighted by Crippen LogP contribution is -2.50. The second-order valence-electron chi connectivity index (χ2n) is 5.67. The van der Waals surface area contributed by atoms with Crippen molar-refractivity contribution in [2.75, 3.05) is 7.11 Å². The van der Waals surface area contributed by atoms with E-state index in [0.29, 0.717) is 31.9 Å². The fourth-order valence-corrected chi connectivity index (χ4v) is 4.86. The van der Waals surface area contributed by atoms with Gasteiger partial charge >= 0.3 is 6.97 Å². The van der Waals surface area contributed by atoms with Gasteiger partial charge in [-0.15, -0.1) is 0 Å². The Kier molecular flexibility index (Phi) is 4.08. The first kappa shape index (κ1) is 17.2. The minimum absolute atomic E-state index is 0.332. The lowest BCUT2D eigenvalue weighted by Gasteiger charge is -2.32. The largest absolute Gasteiger partial charge is 0.738 e. The third-order valence-electron chi connectivity index (χ3n) is 4.27. The fourth-order valence-electron chi connectivity index (χ4n) is 3.25. The number of aromatic nitrogens is 1. The maximum atomic E-state index is 15.2. The average Bonchev–Trinajstić information content (AvgIpc) is 3.12. The summed E-state index contributed by atoms with van der Waals surface area (Å²) in [7, 11) is 1.58. The summed E-state index contributed by atoms with van der Waals surface area (Å²) < 4.78 is 39.2. The molecule has 0 saturated heterocycles. The Balaban J connectivity index is 2.09. The topological polar surface area (TPSA) is 17.2 Å². The molecule has 4 rings (SSSR count). The molecule has 0 radical (unpaired) electrons. The molecule has 0 spiro atoms. The van der Waals surface area contributed by atoms with E-state index in [1.807, 2.05) is 18.2 Å². The Bertz CT molecular complexity index is 1010. The predicted molar refractivity (Wildman–Crippen MR) is 106 cm³/mol. The minimum Gasteiger partial charge on any atom is -0.497 e. The van der Waals surface area contributed by atoms with Gasteiger partial charge in [0, 0.05) is 38.2 Å². The monoisotopic (exact) mass is 532 g/mol. The first-order chi connectivity index (χ1) is 11.8.